The lowest BCUT2D eigenvalue weighted by Crippen LogP contribution is -2.08. The van der Waals surface area contributed by atoms with E-state index in [0.29, 0.717) is 27.8 Å². The van der Waals surface area contributed by atoms with E-state index in [2.05, 4.69) is 22.9 Å². The van der Waals surface area contributed by atoms with Crippen LogP contribution in [-0.2, 0) is 6.42 Å². The molecule has 3 unspecified atom stereocenters. The average molecular weight is 292 g/mol. The maximum Gasteiger partial charge on any atom is 0.127 e. The lowest BCUT2D eigenvalue weighted by Gasteiger charge is -2.11. The normalized spacial score (nSPS) is 26.4. The molecule has 1 aromatic rings. The van der Waals surface area contributed by atoms with E-state index in [4.69, 9.17) is 11.6 Å². The smallest absolute Gasteiger partial charge is 0.127 e. The summed E-state index contributed by atoms with van der Waals surface area (Å²) in [7, 11) is 0. The molecule has 1 aliphatic rings. The first-order valence-electron chi connectivity index (χ1n) is 5.16. The molecule has 2 rings (SSSR count). The van der Waals surface area contributed by atoms with Crippen LogP contribution in [0.3, 0.4) is 0 Å². The second-order valence-electron chi connectivity index (χ2n) is 4.30. The SMILES string of the molecule is CC1CC1C(Br)Cc1c(F)cccc1Cl. The highest BCUT2D eigenvalue weighted by atomic mass is 79.9. The number of halogens is 3. The van der Waals surface area contributed by atoms with Gasteiger partial charge in [-0.3, -0.25) is 0 Å². The van der Waals surface area contributed by atoms with Crippen LogP contribution in [0.2, 0.25) is 5.02 Å². The number of benzene rings is 1. The van der Waals surface area contributed by atoms with Crippen molar-refractivity contribution in [3.05, 3.63) is 34.6 Å². The van der Waals surface area contributed by atoms with Crippen molar-refractivity contribution in [3.8, 4) is 0 Å². The van der Waals surface area contributed by atoms with Gasteiger partial charge in [0.2, 0.25) is 0 Å². The quantitative estimate of drug-likeness (QED) is 0.722. The second-order valence-corrected chi connectivity index (χ2v) is 5.88. The number of rotatable bonds is 3. The Labute approximate surface area is 103 Å². The van der Waals surface area contributed by atoms with Gasteiger partial charge < -0.3 is 0 Å². The number of alkyl halides is 1. The molecule has 0 bridgehead atoms. The Hall–Kier alpha value is -0.0800. The fourth-order valence-corrected chi connectivity index (χ4v) is 3.23. The van der Waals surface area contributed by atoms with Gasteiger partial charge in [-0.1, -0.05) is 40.5 Å². The Morgan fingerprint density at radius 1 is 1.60 bits per heavy atom. The minimum Gasteiger partial charge on any atom is -0.207 e. The Morgan fingerprint density at radius 2 is 2.27 bits per heavy atom. The van der Waals surface area contributed by atoms with Crippen molar-refractivity contribution in [2.24, 2.45) is 11.8 Å². The van der Waals surface area contributed by atoms with Crippen molar-refractivity contribution in [3.63, 3.8) is 0 Å². The first kappa shape index (κ1) is 11.4. The molecular formula is C12H13BrClF. The first-order chi connectivity index (χ1) is 7.09. The molecule has 0 N–H and O–H groups in total. The van der Waals surface area contributed by atoms with Gasteiger partial charge in [0.1, 0.15) is 5.82 Å². The molecule has 0 heterocycles. The van der Waals surface area contributed by atoms with Gasteiger partial charge in [0.15, 0.2) is 0 Å². The summed E-state index contributed by atoms with van der Waals surface area (Å²) >= 11 is 9.60. The van der Waals surface area contributed by atoms with Gasteiger partial charge in [0.05, 0.1) is 0 Å². The fraction of sp³-hybridized carbons (Fsp3) is 0.500. The molecule has 0 radical (unpaired) electrons. The van der Waals surface area contributed by atoms with Gasteiger partial charge in [-0.15, -0.1) is 0 Å². The molecular weight excluding hydrogens is 278 g/mol. The molecule has 3 heteroatoms. The van der Waals surface area contributed by atoms with Gasteiger partial charge in [-0.2, -0.15) is 0 Å². The molecule has 0 spiro atoms. The fourth-order valence-electron chi connectivity index (χ4n) is 1.93. The summed E-state index contributed by atoms with van der Waals surface area (Å²) in [4.78, 5) is 0.349. The van der Waals surface area contributed by atoms with Crippen molar-refractivity contribution < 1.29 is 4.39 Å². The highest BCUT2D eigenvalue weighted by Crippen LogP contribution is 2.45. The summed E-state index contributed by atoms with van der Waals surface area (Å²) in [5, 5.41) is 0.535. The minimum absolute atomic E-state index is 0.194. The van der Waals surface area contributed by atoms with E-state index < -0.39 is 0 Å². The van der Waals surface area contributed by atoms with Crippen molar-refractivity contribution in [2.45, 2.75) is 24.6 Å². The third-order valence-corrected chi connectivity index (χ3v) is 4.45. The Balaban J connectivity index is 2.10. The van der Waals surface area contributed by atoms with Crippen LogP contribution in [-0.4, -0.2) is 4.83 Å². The molecule has 1 aromatic carbocycles. The van der Waals surface area contributed by atoms with Gasteiger partial charge in [-0.05, 0) is 36.8 Å². The highest BCUT2D eigenvalue weighted by Gasteiger charge is 2.38. The molecule has 0 amide bonds. The molecule has 0 aromatic heterocycles. The molecule has 15 heavy (non-hydrogen) atoms. The van der Waals surface area contributed by atoms with Gasteiger partial charge >= 0.3 is 0 Å². The topological polar surface area (TPSA) is 0 Å². The molecule has 3 atom stereocenters. The predicted molar refractivity (Wildman–Crippen MR) is 65.1 cm³/mol. The van der Waals surface area contributed by atoms with E-state index in [9.17, 15) is 4.39 Å². The zero-order valence-corrected chi connectivity index (χ0v) is 10.9. The van der Waals surface area contributed by atoms with Crippen LogP contribution in [0, 0.1) is 17.7 Å². The molecule has 1 fully saturated rings. The van der Waals surface area contributed by atoms with Crippen molar-refractivity contribution in [1.82, 2.24) is 0 Å². The molecule has 1 saturated carbocycles. The molecule has 1 aliphatic carbocycles. The van der Waals surface area contributed by atoms with E-state index in [1.54, 1.807) is 12.1 Å². The largest absolute Gasteiger partial charge is 0.207 e. The summed E-state index contributed by atoms with van der Waals surface area (Å²) in [6, 6.07) is 4.86. The summed E-state index contributed by atoms with van der Waals surface area (Å²) in [5.74, 6) is 1.25. The second kappa shape index (κ2) is 4.42. The van der Waals surface area contributed by atoms with Crippen LogP contribution >= 0.6 is 27.5 Å². The average Bonchev–Trinajstić information content (AvgIpc) is 2.89. The number of hydrogen-bond acceptors (Lipinski definition) is 0. The van der Waals surface area contributed by atoms with Gasteiger partial charge in [0.25, 0.3) is 0 Å². The third kappa shape index (κ3) is 2.54. The van der Waals surface area contributed by atoms with Crippen molar-refractivity contribution in [2.75, 3.05) is 0 Å². The number of hydrogen-bond donors (Lipinski definition) is 0. The molecule has 0 aliphatic heterocycles. The Morgan fingerprint density at radius 3 is 2.80 bits per heavy atom. The van der Waals surface area contributed by atoms with E-state index in [-0.39, 0.29) is 5.82 Å². The lowest BCUT2D eigenvalue weighted by molar-refractivity contribution is 0.598. The summed E-state index contributed by atoms with van der Waals surface area (Å²) in [6.45, 7) is 2.22. The summed E-state index contributed by atoms with van der Waals surface area (Å²) in [5.41, 5.74) is 0.639. The monoisotopic (exact) mass is 290 g/mol. The van der Waals surface area contributed by atoms with Crippen LogP contribution in [0.4, 0.5) is 4.39 Å². The maximum absolute atomic E-state index is 13.5. The van der Waals surface area contributed by atoms with E-state index >= 15 is 0 Å². The standard InChI is InChI=1S/C12H13BrClF/c1-7-5-8(7)10(13)6-9-11(14)3-2-4-12(9)15/h2-4,7-8,10H,5-6H2,1H3. The van der Waals surface area contributed by atoms with Crippen LogP contribution in [0.15, 0.2) is 18.2 Å². The Bertz CT molecular complexity index is 346. The van der Waals surface area contributed by atoms with E-state index in [1.165, 1.54) is 12.5 Å². The van der Waals surface area contributed by atoms with Crippen molar-refractivity contribution in [1.29, 1.82) is 0 Å². The third-order valence-electron chi connectivity index (χ3n) is 3.10. The first-order valence-corrected chi connectivity index (χ1v) is 6.46. The summed E-state index contributed by atoms with van der Waals surface area (Å²) in [6.07, 6.45) is 1.92. The lowest BCUT2D eigenvalue weighted by atomic mass is 10.1. The van der Waals surface area contributed by atoms with Crippen LogP contribution in [0.1, 0.15) is 18.9 Å². The van der Waals surface area contributed by atoms with Crippen LogP contribution < -0.4 is 0 Å². The molecule has 0 nitrogen and oxygen atoms in total. The van der Waals surface area contributed by atoms with Gasteiger partial charge in [-0.25, -0.2) is 4.39 Å². The Kier molecular flexibility index (Phi) is 3.36. The van der Waals surface area contributed by atoms with Crippen molar-refractivity contribution >= 4 is 27.5 Å². The van der Waals surface area contributed by atoms with Gasteiger partial charge in [0, 0.05) is 15.4 Å². The van der Waals surface area contributed by atoms with Crippen LogP contribution in [0.25, 0.3) is 0 Å². The zero-order valence-electron chi connectivity index (χ0n) is 8.51. The maximum atomic E-state index is 13.5. The minimum atomic E-state index is -0.194. The van der Waals surface area contributed by atoms with Crippen LogP contribution in [0.5, 0.6) is 0 Å². The summed E-state index contributed by atoms with van der Waals surface area (Å²) < 4.78 is 13.5. The molecule has 0 saturated heterocycles. The van der Waals surface area contributed by atoms with E-state index in [1.807, 2.05) is 0 Å². The zero-order chi connectivity index (χ0) is 11.0. The van der Waals surface area contributed by atoms with E-state index in [0.717, 1.165) is 5.92 Å². The molecule has 82 valence electrons. The highest BCUT2D eigenvalue weighted by molar-refractivity contribution is 9.09. The predicted octanol–water partition coefficient (Wildman–Crippen LogP) is 4.44.